The molecule has 0 fully saturated rings. The minimum absolute atomic E-state index is 0.109. The van der Waals surface area contributed by atoms with Crippen molar-refractivity contribution < 1.29 is 4.79 Å². The number of aryl methyl sites for hydroxylation is 1. The van der Waals surface area contributed by atoms with E-state index in [0.717, 1.165) is 24.2 Å². The van der Waals surface area contributed by atoms with Gasteiger partial charge in [0.05, 0.1) is 11.4 Å². The number of hydrogen-bond acceptors (Lipinski definition) is 3. The highest BCUT2D eigenvalue weighted by Gasteiger charge is 1.99. The van der Waals surface area contributed by atoms with Gasteiger partial charge in [-0.1, -0.05) is 6.92 Å². The lowest BCUT2D eigenvalue weighted by Gasteiger charge is -2.03. The van der Waals surface area contributed by atoms with Gasteiger partial charge in [0.2, 0.25) is 5.91 Å². The molecule has 4 heteroatoms. The number of carbonyl (C=O) groups is 1. The zero-order valence-corrected chi connectivity index (χ0v) is 9.29. The monoisotopic (exact) mass is 207 g/mol. The lowest BCUT2D eigenvalue weighted by molar-refractivity contribution is -0.121. The molecule has 0 atom stereocenters. The van der Waals surface area contributed by atoms with Crippen molar-refractivity contribution in [3.8, 4) is 0 Å². The number of nitrogens with one attached hydrogen (secondary N) is 1. The van der Waals surface area contributed by atoms with Gasteiger partial charge in [-0.15, -0.1) is 0 Å². The van der Waals surface area contributed by atoms with Crippen LogP contribution in [0, 0.1) is 6.92 Å². The molecule has 0 radical (unpaired) electrons. The summed E-state index contributed by atoms with van der Waals surface area (Å²) >= 11 is 0. The minimum atomic E-state index is 0.109. The fourth-order valence-corrected chi connectivity index (χ4v) is 1.19. The summed E-state index contributed by atoms with van der Waals surface area (Å²) in [6.45, 7) is 4.53. The van der Waals surface area contributed by atoms with E-state index in [0.29, 0.717) is 13.0 Å². The number of aromatic nitrogens is 2. The maximum Gasteiger partial charge on any atom is 0.219 e. The smallest absolute Gasteiger partial charge is 0.219 e. The Morgan fingerprint density at radius 2 is 2.20 bits per heavy atom. The molecule has 0 bridgehead atoms. The summed E-state index contributed by atoms with van der Waals surface area (Å²) in [7, 11) is 0. The molecule has 4 nitrogen and oxygen atoms in total. The molecular formula is C11H17N3O. The van der Waals surface area contributed by atoms with Crippen LogP contribution in [-0.4, -0.2) is 22.4 Å². The van der Waals surface area contributed by atoms with Gasteiger partial charge in [-0.05, 0) is 13.3 Å². The lowest BCUT2D eigenvalue weighted by atomic mass is 10.3. The molecule has 82 valence electrons. The highest BCUT2D eigenvalue weighted by molar-refractivity contribution is 5.75. The van der Waals surface area contributed by atoms with Gasteiger partial charge in [0, 0.05) is 31.8 Å². The first-order valence-corrected chi connectivity index (χ1v) is 5.26. The predicted molar refractivity (Wildman–Crippen MR) is 58.4 cm³/mol. The van der Waals surface area contributed by atoms with Gasteiger partial charge >= 0.3 is 0 Å². The first kappa shape index (κ1) is 11.6. The second-order valence-electron chi connectivity index (χ2n) is 3.50. The molecule has 0 aliphatic heterocycles. The number of hydrogen-bond donors (Lipinski definition) is 1. The Bertz CT molecular complexity index is 308. The maximum absolute atomic E-state index is 11.1. The Labute approximate surface area is 90.1 Å². The van der Waals surface area contributed by atoms with Crippen molar-refractivity contribution in [1.29, 1.82) is 0 Å². The SMILES string of the molecule is CCCC(=O)NCCc1cnc(C)cn1. The molecule has 0 aliphatic carbocycles. The second-order valence-corrected chi connectivity index (χ2v) is 3.50. The Hall–Kier alpha value is -1.45. The summed E-state index contributed by atoms with van der Waals surface area (Å²) in [6.07, 6.45) is 5.71. The maximum atomic E-state index is 11.1. The average molecular weight is 207 g/mol. The molecule has 1 aromatic rings. The molecule has 0 aliphatic rings. The second kappa shape index (κ2) is 6.11. The molecule has 15 heavy (non-hydrogen) atoms. The van der Waals surface area contributed by atoms with E-state index in [2.05, 4.69) is 15.3 Å². The largest absolute Gasteiger partial charge is 0.356 e. The Kier molecular flexibility index (Phi) is 4.74. The third-order valence-corrected chi connectivity index (χ3v) is 2.01. The van der Waals surface area contributed by atoms with E-state index in [1.807, 2.05) is 13.8 Å². The number of nitrogens with zero attached hydrogens (tertiary/aromatic N) is 2. The zero-order chi connectivity index (χ0) is 11.1. The van der Waals surface area contributed by atoms with Crippen molar-refractivity contribution in [2.45, 2.75) is 33.1 Å². The van der Waals surface area contributed by atoms with Gasteiger partial charge in [-0.25, -0.2) is 0 Å². The van der Waals surface area contributed by atoms with Crippen LogP contribution in [0.5, 0.6) is 0 Å². The van der Waals surface area contributed by atoms with Crippen molar-refractivity contribution >= 4 is 5.91 Å². The fourth-order valence-electron chi connectivity index (χ4n) is 1.19. The molecule has 0 aromatic carbocycles. The highest BCUT2D eigenvalue weighted by atomic mass is 16.1. The van der Waals surface area contributed by atoms with Gasteiger partial charge in [0.15, 0.2) is 0 Å². The van der Waals surface area contributed by atoms with Gasteiger partial charge in [0.25, 0.3) is 0 Å². The fraction of sp³-hybridized carbons (Fsp3) is 0.545. The molecule has 0 spiro atoms. The summed E-state index contributed by atoms with van der Waals surface area (Å²) in [5.74, 6) is 0.109. The van der Waals surface area contributed by atoms with Crippen LogP contribution in [0.4, 0.5) is 0 Å². The minimum Gasteiger partial charge on any atom is -0.356 e. The lowest BCUT2D eigenvalue weighted by Crippen LogP contribution is -2.25. The van der Waals surface area contributed by atoms with Crippen molar-refractivity contribution in [2.75, 3.05) is 6.54 Å². The molecule has 1 amide bonds. The summed E-state index contributed by atoms with van der Waals surface area (Å²) in [6, 6.07) is 0. The van der Waals surface area contributed by atoms with Crippen LogP contribution < -0.4 is 5.32 Å². The quantitative estimate of drug-likeness (QED) is 0.790. The van der Waals surface area contributed by atoms with E-state index in [1.165, 1.54) is 0 Å². The molecule has 0 saturated carbocycles. The van der Waals surface area contributed by atoms with Gasteiger partial charge in [0.1, 0.15) is 0 Å². The summed E-state index contributed by atoms with van der Waals surface area (Å²) in [5.41, 5.74) is 1.83. The molecule has 1 heterocycles. The van der Waals surface area contributed by atoms with Crippen LogP contribution in [-0.2, 0) is 11.2 Å². The first-order valence-electron chi connectivity index (χ1n) is 5.26. The Morgan fingerprint density at radius 3 is 2.80 bits per heavy atom. The van der Waals surface area contributed by atoms with Crippen LogP contribution in [0.15, 0.2) is 12.4 Å². The average Bonchev–Trinajstić information content (AvgIpc) is 2.21. The summed E-state index contributed by atoms with van der Waals surface area (Å²) < 4.78 is 0. The van der Waals surface area contributed by atoms with Crippen LogP contribution >= 0.6 is 0 Å². The van der Waals surface area contributed by atoms with Crippen LogP contribution in [0.3, 0.4) is 0 Å². The predicted octanol–water partition coefficient (Wildman–Crippen LogP) is 1.24. The van der Waals surface area contributed by atoms with Crippen molar-refractivity contribution in [1.82, 2.24) is 15.3 Å². The number of rotatable bonds is 5. The van der Waals surface area contributed by atoms with E-state index in [9.17, 15) is 4.79 Å². The summed E-state index contributed by atoms with van der Waals surface area (Å²) in [5, 5.41) is 2.84. The van der Waals surface area contributed by atoms with Crippen molar-refractivity contribution in [2.24, 2.45) is 0 Å². The van der Waals surface area contributed by atoms with Gasteiger partial charge in [-0.2, -0.15) is 0 Å². The van der Waals surface area contributed by atoms with Gasteiger partial charge in [-0.3, -0.25) is 14.8 Å². The normalized spacial score (nSPS) is 10.0. The topological polar surface area (TPSA) is 54.9 Å². The molecule has 0 unspecified atom stereocenters. The number of carbonyl (C=O) groups excluding carboxylic acids is 1. The molecule has 1 N–H and O–H groups in total. The Balaban J connectivity index is 2.26. The molecular weight excluding hydrogens is 190 g/mol. The van der Waals surface area contributed by atoms with Gasteiger partial charge < -0.3 is 5.32 Å². The van der Waals surface area contributed by atoms with E-state index >= 15 is 0 Å². The number of amides is 1. The third-order valence-electron chi connectivity index (χ3n) is 2.01. The van der Waals surface area contributed by atoms with E-state index in [-0.39, 0.29) is 5.91 Å². The Morgan fingerprint density at radius 1 is 1.40 bits per heavy atom. The van der Waals surface area contributed by atoms with Crippen molar-refractivity contribution in [3.05, 3.63) is 23.8 Å². The first-order chi connectivity index (χ1) is 7.22. The van der Waals surface area contributed by atoms with Crippen LogP contribution in [0.25, 0.3) is 0 Å². The summed E-state index contributed by atoms with van der Waals surface area (Å²) in [4.78, 5) is 19.5. The van der Waals surface area contributed by atoms with E-state index in [1.54, 1.807) is 12.4 Å². The van der Waals surface area contributed by atoms with E-state index in [4.69, 9.17) is 0 Å². The standard InChI is InChI=1S/C11H17N3O/c1-3-4-11(15)12-6-5-10-8-13-9(2)7-14-10/h7-8H,3-6H2,1-2H3,(H,12,15). The van der Waals surface area contributed by atoms with Crippen molar-refractivity contribution in [3.63, 3.8) is 0 Å². The molecule has 1 aromatic heterocycles. The third kappa shape index (κ3) is 4.54. The zero-order valence-electron chi connectivity index (χ0n) is 9.29. The van der Waals surface area contributed by atoms with E-state index < -0.39 is 0 Å². The highest BCUT2D eigenvalue weighted by Crippen LogP contribution is 1.94. The van der Waals surface area contributed by atoms with Crippen LogP contribution in [0.2, 0.25) is 0 Å². The van der Waals surface area contributed by atoms with Crippen LogP contribution in [0.1, 0.15) is 31.2 Å². The molecule has 0 saturated heterocycles. The molecule has 1 rings (SSSR count).